The predicted octanol–water partition coefficient (Wildman–Crippen LogP) is 1.50. The summed E-state index contributed by atoms with van der Waals surface area (Å²) in [5.74, 6) is 0. The highest BCUT2D eigenvalue weighted by Gasteiger charge is 2.38. The van der Waals surface area contributed by atoms with Crippen molar-refractivity contribution < 1.29 is 9.84 Å². The van der Waals surface area contributed by atoms with Crippen molar-refractivity contribution in [2.75, 3.05) is 13.2 Å². The second-order valence-corrected chi connectivity index (χ2v) is 5.60. The van der Waals surface area contributed by atoms with Crippen LogP contribution >= 0.6 is 0 Å². The molecule has 1 aromatic carbocycles. The summed E-state index contributed by atoms with van der Waals surface area (Å²) in [7, 11) is 0. The van der Waals surface area contributed by atoms with Crippen molar-refractivity contribution in [3.05, 3.63) is 48.3 Å². The fraction of sp³-hybridized carbons (Fsp3) is 0.438. The van der Waals surface area contributed by atoms with Gasteiger partial charge in [0.05, 0.1) is 18.0 Å². The molecule has 0 saturated carbocycles. The third-order valence-electron chi connectivity index (χ3n) is 4.08. The Hall–Kier alpha value is -1.69. The van der Waals surface area contributed by atoms with Crippen LogP contribution in [0.2, 0.25) is 0 Å². The molecular formula is C16H21N3O2. The van der Waals surface area contributed by atoms with E-state index < -0.39 is 5.60 Å². The van der Waals surface area contributed by atoms with E-state index in [-0.39, 0.29) is 6.10 Å². The number of benzene rings is 1. The molecule has 5 nitrogen and oxygen atoms in total. The van der Waals surface area contributed by atoms with E-state index in [0.717, 1.165) is 11.3 Å². The lowest BCUT2D eigenvalue weighted by Gasteiger charge is -2.26. The molecule has 1 saturated heterocycles. The average Bonchev–Trinajstić information content (AvgIpc) is 3.09. The van der Waals surface area contributed by atoms with Crippen LogP contribution in [0.5, 0.6) is 0 Å². The topological polar surface area (TPSA) is 59.3 Å². The average molecular weight is 287 g/mol. The first kappa shape index (κ1) is 14.3. The van der Waals surface area contributed by atoms with E-state index in [1.807, 2.05) is 54.3 Å². The van der Waals surface area contributed by atoms with Gasteiger partial charge in [-0.2, -0.15) is 5.10 Å². The van der Waals surface area contributed by atoms with Crippen molar-refractivity contribution in [1.82, 2.24) is 15.1 Å². The van der Waals surface area contributed by atoms with Crippen LogP contribution in [-0.4, -0.2) is 39.7 Å². The molecule has 2 atom stereocenters. The molecule has 1 aliphatic rings. The van der Waals surface area contributed by atoms with Gasteiger partial charge in [0.2, 0.25) is 0 Å². The number of aromatic nitrogens is 2. The maximum absolute atomic E-state index is 10.4. The van der Waals surface area contributed by atoms with Gasteiger partial charge in [0.25, 0.3) is 0 Å². The summed E-state index contributed by atoms with van der Waals surface area (Å²) < 4.78 is 7.28. The third kappa shape index (κ3) is 3.15. The van der Waals surface area contributed by atoms with Gasteiger partial charge in [0.1, 0.15) is 5.60 Å². The second-order valence-electron chi connectivity index (χ2n) is 5.60. The number of rotatable bonds is 5. The van der Waals surface area contributed by atoms with Gasteiger partial charge in [0.15, 0.2) is 0 Å². The molecule has 3 rings (SSSR count). The Morgan fingerprint density at radius 3 is 2.95 bits per heavy atom. The summed E-state index contributed by atoms with van der Waals surface area (Å²) in [6, 6.07) is 10.0. The van der Waals surface area contributed by atoms with Crippen LogP contribution in [0.15, 0.2) is 42.7 Å². The normalized spacial score (nSPS) is 25.3. The summed E-state index contributed by atoms with van der Waals surface area (Å²) in [4.78, 5) is 0. The minimum Gasteiger partial charge on any atom is -0.386 e. The Labute approximate surface area is 124 Å². The minimum absolute atomic E-state index is 0.114. The van der Waals surface area contributed by atoms with Crippen LogP contribution in [0.25, 0.3) is 5.69 Å². The number of para-hydroxylation sites is 1. The smallest absolute Gasteiger partial charge is 0.105 e. The first-order chi connectivity index (χ1) is 10.2. The van der Waals surface area contributed by atoms with E-state index in [9.17, 15) is 5.11 Å². The summed E-state index contributed by atoms with van der Waals surface area (Å²) in [6.07, 6.45) is 4.42. The molecule has 1 aromatic heterocycles. The zero-order valence-corrected chi connectivity index (χ0v) is 12.2. The van der Waals surface area contributed by atoms with Crippen molar-refractivity contribution in [1.29, 1.82) is 0 Å². The predicted molar refractivity (Wildman–Crippen MR) is 80.3 cm³/mol. The molecule has 2 heterocycles. The van der Waals surface area contributed by atoms with E-state index in [4.69, 9.17) is 4.74 Å². The van der Waals surface area contributed by atoms with Gasteiger partial charge in [-0.3, -0.25) is 0 Å². The minimum atomic E-state index is -0.755. The van der Waals surface area contributed by atoms with Gasteiger partial charge in [0, 0.05) is 37.9 Å². The van der Waals surface area contributed by atoms with E-state index >= 15 is 0 Å². The lowest BCUT2D eigenvalue weighted by Crippen LogP contribution is -2.45. The van der Waals surface area contributed by atoms with Crippen molar-refractivity contribution in [2.45, 2.75) is 31.6 Å². The number of nitrogens with one attached hydrogen (secondary N) is 1. The number of hydrogen-bond donors (Lipinski definition) is 2. The van der Waals surface area contributed by atoms with E-state index in [1.54, 1.807) is 0 Å². The lowest BCUT2D eigenvalue weighted by molar-refractivity contribution is -0.0262. The molecule has 21 heavy (non-hydrogen) atoms. The molecule has 5 heteroatoms. The SMILES string of the molecule is CC1OCCC1(O)CNCc1cnn(-c2ccccc2)c1. The first-order valence-corrected chi connectivity index (χ1v) is 7.31. The van der Waals surface area contributed by atoms with Gasteiger partial charge >= 0.3 is 0 Å². The lowest BCUT2D eigenvalue weighted by atomic mass is 9.97. The summed E-state index contributed by atoms with van der Waals surface area (Å²) in [5, 5.41) is 18.1. The first-order valence-electron chi connectivity index (χ1n) is 7.31. The van der Waals surface area contributed by atoms with Crippen LogP contribution in [0.3, 0.4) is 0 Å². The third-order valence-corrected chi connectivity index (χ3v) is 4.08. The zero-order chi connectivity index (χ0) is 14.7. The highest BCUT2D eigenvalue weighted by Crippen LogP contribution is 2.24. The molecule has 0 aliphatic carbocycles. The van der Waals surface area contributed by atoms with Crippen LogP contribution in [0.1, 0.15) is 18.9 Å². The molecule has 2 unspecified atom stereocenters. The van der Waals surface area contributed by atoms with Gasteiger partial charge < -0.3 is 15.2 Å². The van der Waals surface area contributed by atoms with Crippen LogP contribution in [0, 0.1) is 0 Å². The van der Waals surface area contributed by atoms with E-state index in [2.05, 4.69) is 10.4 Å². The fourth-order valence-corrected chi connectivity index (χ4v) is 2.60. The van der Waals surface area contributed by atoms with Gasteiger partial charge in [-0.15, -0.1) is 0 Å². The zero-order valence-electron chi connectivity index (χ0n) is 12.2. The van der Waals surface area contributed by atoms with Crippen LogP contribution in [0.4, 0.5) is 0 Å². The second kappa shape index (κ2) is 5.97. The standard InChI is InChI=1S/C16H21N3O2/c1-13-16(20,7-8-21-13)12-17-9-14-10-18-19(11-14)15-5-3-2-4-6-15/h2-6,10-11,13,17,20H,7-9,12H2,1H3. The largest absolute Gasteiger partial charge is 0.386 e. The highest BCUT2D eigenvalue weighted by atomic mass is 16.5. The molecule has 1 aliphatic heterocycles. The monoisotopic (exact) mass is 287 g/mol. The number of hydrogen-bond acceptors (Lipinski definition) is 4. The summed E-state index contributed by atoms with van der Waals surface area (Å²) in [5.41, 5.74) is 1.38. The highest BCUT2D eigenvalue weighted by molar-refractivity contribution is 5.30. The quantitative estimate of drug-likeness (QED) is 0.875. The van der Waals surface area contributed by atoms with E-state index in [0.29, 0.717) is 26.1 Å². The Kier molecular flexibility index (Phi) is 4.05. The van der Waals surface area contributed by atoms with Crippen molar-refractivity contribution >= 4 is 0 Å². The van der Waals surface area contributed by atoms with Gasteiger partial charge in [-0.1, -0.05) is 18.2 Å². The number of aliphatic hydroxyl groups is 1. The van der Waals surface area contributed by atoms with E-state index in [1.165, 1.54) is 0 Å². The molecule has 0 amide bonds. The molecule has 112 valence electrons. The maximum Gasteiger partial charge on any atom is 0.105 e. The molecular weight excluding hydrogens is 266 g/mol. The van der Waals surface area contributed by atoms with Crippen molar-refractivity contribution in [3.63, 3.8) is 0 Å². The van der Waals surface area contributed by atoms with Gasteiger partial charge in [-0.05, 0) is 19.1 Å². The van der Waals surface area contributed by atoms with Crippen molar-refractivity contribution in [3.8, 4) is 5.69 Å². The fourth-order valence-electron chi connectivity index (χ4n) is 2.60. The number of nitrogens with zero attached hydrogens (tertiary/aromatic N) is 2. The molecule has 0 radical (unpaired) electrons. The van der Waals surface area contributed by atoms with Crippen LogP contribution < -0.4 is 5.32 Å². The molecule has 0 bridgehead atoms. The summed E-state index contributed by atoms with van der Waals surface area (Å²) in [6.45, 7) is 3.76. The Morgan fingerprint density at radius 2 is 2.24 bits per heavy atom. The Morgan fingerprint density at radius 1 is 1.43 bits per heavy atom. The Bertz CT molecular complexity index is 584. The maximum atomic E-state index is 10.4. The molecule has 2 N–H and O–H groups in total. The molecule has 0 spiro atoms. The van der Waals surface area contributed by atoms with Gasteiger partial charge in [-0.25, -0.2) is 4.68 Å². The van der Waals surface area contributed by atoms with Crippen LogP contribution in [-0.2, 0) is 11.3 Å². The molecule has 2 aromatic rings. The molecule has 1 fully saturated rings. The number of ether oxygens (including phenoxy) is 1. The summed E-state index contributed by atoms with van der Waals surface area (Å²) >= 11 is 0. The Balaban J connectivity index is 1.56. The van der Waals surface area contributed by atoms with Crippen molar-refractivity contribution in [2.24, 2.45) is 0 Å².